The Bertz CT molecular complexity index is 502. The molecule has 180 valence electrons. The Morgan fingerprint density at radius 3 is 1.03 bits per heavy atom. The summed E-state index contributed by atoms with van der Waals surface area (Å²) in [6, 6.07) is 1.26. The summed E-state index contributed by atoms with van der Waals surface area (Å²) in [5.41, 5.74) is 0. The third-order valence-electron chi connectivity index (χ3n) is 3.96. The number of hydrogen-bond acceptors (Lipinski definition) is 8. The quantitative estimate of drug-likeness (QED) is 0.375. The highest BCUT2D eigenvalue weighted by atomic mass is 28.6. The van der Waals surface area contributed by atoms with Gasteiger partial charge in [-0.1, -0.05) is 13.8 Å². The van der Waals surface area contributed by atoms with Crippen molar-refractivity contribution in [3.8, 4) is 0 Å². The topological polar surface area (TPSA) is 73.8 Å². The summed E-state index contributed by atoms with van der Waals surface area (Å²) in [5.74, 6) is 0. The molecule has 1 heterocycles. The van der Waals surface area contributed by atoms with Gasteiger partial charge in [-0.15, -0.1) is 0 Å². The summed E-state index contributed by atoms with van der Waals surface area (Å²) >= 11 is 0. The molecule has 4 atom stereocenters. The van der Waals surface area contributed by atoms with Crippen molar-refractivity contribution in [2.75, 3.05) is 0 Å². The zero-order valence-electron chi connectivity index (χ0n) is 21.0. The van der Waals surface area contributed by atoms with Gasteiger partial charge in [0.1, 0.15) is 0 Å². The molecule has 0 amide bonds. The zero-order valence-corrected chi connectivity index (χ0v) is 29.6. The highest BCUT2D eigenvalue weighted by molar-refractivity contribution is 6.93. The number of rotatable bonds is 10. The lowest BCUT2D eigenvalue weighted by Gasteiger charge is -2.50. The van der Waals surface area contributed by atoms with E-state index < -0.39 is 71.4 Å². The lowest BCUT2D eigenvalue weighted by molar-refractivity contribution is 0.0884. The van der Waals surface area contributed by atoms with E-state index in [1.165, 1.54) is 0 Å². The van der Waals surface area contributed by atoms with Gasteiger partial charge in [0.2, 0.25) is 0 Å². The molecule has 1 rings (SSSR count). The summed E-state index contributed by atoms with van der Waals surface area (Å²) < 4.78 is 53.0. The molecule has 16 heteroatoms. The van der Waals surface area contributed by atoms with E-state index in [4.69, 9.17) is 32.9 Å². The maximum absolute atomic E-state index is 6.86. The third-order valence-corrected chi connectivity index (χ3v) is 30.4. The van der Waals surface area contributed by atoms with Crippen molar-refractivity contribution in [2.24, 2.45) is 0 Å². The predicted molar refractivity (Wildman–Crippen MR) is 140 cm³/mol. The Hall–Kier alpha value is 1.42. The Labute approximate surface area is 195 Å². The summed E-state index contributed by atoms with van der Waals surface area (Å²) in [7, 11) is -18.4. The van der Waals surface area contributed by atoms with Gasteiger partial charge in [0.25, 0.3) is 0 Å². The van der Waals surface area contributed by atoms with Crippen LogP contribution in [0.4, 0.5) is 0 Å². The second-order valence-electron chi connectivity index (χ2n) is 8.87. The van der Waals surface area contributed by atoms with E-state index in [0.717, 1.165) is 0 Å². The maximum atomic E-state index is 6.86. The third kappa shape index (κ3) is 8.98. The van der Waals surface area contributed by atoms with Crippen LogP contribution in [0.3, 0.4) is 0 Å². The van der Waals surface area contributed by atoms with Crippen LogP contribution in [0.15, 0.2) is 0 Å². The van der Waals surface area contributed by atoms with Crippen LogP contribution in [0.25, 0.3) is 0 Å². The molecule has 0 N–H and O–H groups in total. The van der Waals surface area contributed by atoms with E-state index in [9.17, 15) is 0 Å². The highest BCUT2D eigenvalue weighted by Gasteiger charge is 2.64. The maximum Gasteiger partial charge on any atom is 0.475 e. The molecule has 0 aromatic carbocycles. The van der Waals surface area contributed by atoms with Crippen LogP contribution in [0.1, 0.15) is 13.8 Å². The molecule has 1 aliphatic rings. The van der Waals surface area contributed by atoms with Gasteiger partial charge in [-0.2, -0.15) is 0 Å². The first-order chi connectivity index (χ1) is 13.6. The Morgan fingerprint density at radius 1 is 0.500 bits per heavy atom. The minimum atomic E-state index is -3.12. The van der Waals surface area contributed by atoms with Crippen LogP contribution in [-0.4, -0.2) is 71.4 Å². The fraction of sp³-hybridized carbons (Fsp3) is 1.00. The van der Waals surface area contributed by atoms with Gasteiger partial charge in [0.15, 0.2) is 36.2 Å². The Morgan fingerprint density at radius 2 is 0.800 bits per heavy atom. The van der Waals surface area contributed by atoms with E-state index in [-0.39, 0.29) is 0 Å². The van der Waals surface area contributed by atoms with Crippen molar-refractivity contribution in [2.45, 2.75) is 91.4 Å². The van der Waals surface area contributed by atoms with Gasteiger partial charge < -0.3 is 32.9 Å². The highest BCUT2D eigenvalue weighted by Crippen LogP contribution is 2.37. The van der Waals surface area contributed by atoms with Gasteiger partial charge >= 0.3 is 35.2 Å². The van der Waals surface area contributed by atoms with Crippen molar-refractivity contribution in [1.29, 1.82) is 0 Å². The molecule has 1 aliphatic heterocycles. The van der Waals surface area contributed by atoms with Crippen LogP contribution in [-0.2, 0) is 32.9 Å². The van der Waals surface area contributed by atoms with Crippen LogP contribution < -0.4 is 0 Å². The first-order valence-corrected chi connectivity index (χ1v) is 30.6. The van der Waals surface area contributed by atoms with Crippen molar-refractivity contribution < 1.29 is 32.9 Å². The van der Waals surface area contributed by atoms with E-state index in [1.807, 2.05) is 13.1 Å². The fourth-order valence-corrected chi connectivity index (χ4v) is 36.0. The average Bonchev–Trinajstić information content (AvgIpc) is 2.49. The molecular formula is C14H44O8Si8. The van der Waals surface area contributed by atoms with Crippen LogP contribution in [0, 0.1) is 0 Å². The molecule has 0 aliphatic carbocycles. The molecule has 0 aromatic rings. The first kappa shape index (κ1) is 29.4. The van der Waals surface area contributed by atoms with E-state index in [1.54, 1.807) is 0 Å². The smallest absolute Gasteiger partial charge is 0.420 e. The molecule has 1 saturated heterocycles. The van der Waals surface area contributed by atoms with E-state index >= 15 is 0 Å². The van der Waals surface area contributed by atoms with Crippen LogP contribution in [0.5, 0.6) is 0 Å². The normalized spacial score (nSPS) is 36.0. The summed E-state index contributed by atoms with van der Waals surface area (Å²) in [4.78, 5) is 0. The van der Waals surface area contributed by atoms with Gasteiger partial charge in [0.05, 0.1) is 0 Å². The second-order valence-corrected chi connectivity index (χ2v) is 31.9. The number of hydrogen-bond donors (Lipinski definition) is 0. The molecule has 1 fully saturated rings. The molecule has 4 unspecified atom stereocenters. The van der Waals surface area contributed by atoms with E-state index in [0.29, 0.717) is 12.1 Å². The predicted octanol–water partition coefficient (Wildman–Crippen LogP) is 3.12. The van der Waals surface area contributed by atoms with Gasteiger partial charge in [-0.3, -0.25) is 0 Å². The minimum Gasteiger partial charge on any atom is -0.420 e. The summed E-state index contributed by atoms with van der Waals surface area (Å²) in [6.07, 6.45) is 0. The van der Waals surface area contributed by atoms with E-state index in [2.05, 4.69) is 66.2 Å². The second kappa shape index (κ2) is 11.7. The van der Waals surface area contributed by atoms with Crippen molar-refractivity contribution >= 4 is 71.4 Å². The lowest BCUT2D eigenvalue weighted by Crippen LogP contribution is -2.73. The van der Waals surface area contributed by atoms with Crippen LogP contribution >= 0.6 is 0 Å². The van der Waals surface area contributed by atoms with Gasteiger partial charge in [-0.05, 0) is 52.4 Å². The molecule has 0 spiro atoms. The van der Waals surface area contributed by atoms with Crippen molar-refractivity contribution in [3.05, 3.63) is 0 Å². The average molecular weight is 565 g/mol. The zero-order chi connectivity index (χ0) is 23.4. The van der Waals surface area contributed by atoms with Crippen molar-refractivity contribution in [1.82, 2.24) is 0 Å². The largest absolute Gasteiger partial charge is 0.475 e. The Balaban J connectivity index is 3.58. The molecule has 0 aromatic heterocycles. The first-order valence-electron chi connectivity index (χ1n) is 11.1. The van der Waals surface area contributed by atoms with Crippen molar-refractivity contribution in [3.63, 3.8) is 0 Å². The fourth-order valence-electron chi connectivity index (χ4n) is 3.44. The van der Waals surface area contributed by atoms with Crippen LogP contribution in [0.2, 0.25) is 77.6 Å². The molecule has 8 nitrogen and oxygen atoms in total. The standard InChI is InChI=1S/C14H44O8Si8/c1-13-29(17-25(7)8)20-27(11,15-23(3)4)19-28(12,16-24(5)6)21-30(14-2,22-29)18-26(9)10/h23-26H,13-14H2,1-12H3. The summed E-state index contributed by atoms with van der Waals surface area (Å²) in [6.45, 7) is 25.0. The monoisotopic (exact) mass is 564 g/mol. The summed E-state index contributed by atoms with van der Waals surface area (Å²) in [5, 5.41) is 0. The van der Waals surface area contributed by atoms with Gasteiger partial charge in [-0.25, -0.2) is 0 Å². The minimum absolute atomic E-state index is 0.631. The molecule has 0 radical (unpaired) electrons. The molecular weight excluding hydrogens is 521 g/mol. The molecule has 0 bridgehead atoms. The Kier molecular flexibility index (Phi) is 11.5. The molecule has 30 heavy (non-hydrogen) atoms. The van der Waals surface area contributed by atoms with Gasteiger partial charge in [0, 0.05) is 25.2 Å². The lowest BCUT2D eigenvalue weighted by atomic mass is 11.0. The molecule has 0 saturated carbocycles. The SMILES string of the molecule is CC[Si]1(O[SiH](C)C)O[Si](C)(O[SiH](C)C)O[Si](C)(O[SiH](C)C)O[Si](CC)(O[SiH](C)C)O1.